The van der Waals surface area contributed by atoms with Gasteiger partial charge in [-0.25, -0.2) is 0 Å². The molecule has 112 valence electrons. The van der Waals surface area contributed by atoms with Crippen LogP contribution in [0.15, 0.2) is 60.7 Å². The van der Waals surface area contributed by atoms with Crippen LogP contribution in [0.3, 0.4) is 0 Å². The van der Waals surface area contributed by atoms with E-state index in [0.29, 0.717) is 0 Å². The van der Waals surface area contributed by atoms with Gasteiger partial charge >= 0.3 is 49.5 Å². The van der Waals surface area contributed by atoms with Crippen molar-refractivity contribution in [3.05, 3.63) is 60.7 Å². The largest absolute Gasteiger partial charge is 2.00 e. The Bertz CT molecular complexity index is 326. The molecule has 7 heteroatoms. The van der Waals surface area contributed by atoms with Crippen molar-refractivity contribution in [1.29, 1.82) is 0 Å². The van der Waals surface area contributed by atoms with E-state index < -0.39 is 0 Å². The average Bonchev–Trinajstić information content (AvgIpc) is 2.21. The van der Waals surface area contributed by atoms with Crippen molar-refractivity contribution in [3.63, 3.8) is 0 Å². The first-order valence-electron chi connectivity index (χ1n) is 4.23. The van der Waals surface area contributed by atoms with Gasteiger partial charge in [0.15, 0.2) is 0 Å². The Morgan fingerprint density at radius 3 is 0.789 bits per heavy atom. The first-order chi connectivity index (χ1) is 6.79. The summed E-state index contributed by atoms with van der Waals surface area (Å²) in [4.78, 5) is 0. The molecule has 0 aromatic heterocycles. The molecular weight excluding hydrogens is 416 g/mol. The minimum atomic E-state index is 0. The summed E-state index contributed by atoms with van der Waals surface area (Å²) in [6.45, 7) is 0. The quantitative estimate of drug-likeness (QED) is 0.600. The van der Waals surface area contributed by atoms with Crippen LogP contribution in [0, 0.1) is 0 Å². The molecule has 2 rings (SSSR count). The second-order valence-electron chi connectivity index (χ2n) is 2.63. The second kappa shape index (κ2) is 20.5. The summed E-state index contributed by atoms with van der Waals surface area (Å²) in [6, 6.07) is 16.7. The van der Waals surface area contributed by atoms with Crippen LogP contribution in [0.1, 0.15) is 0 Å². The molecule has 0 saturated carbocycles. The number of hydrogen-bond acceptors (Lipinski definition) is 2. The predicted molar refractivity (Wildman–Crippen MR) is 66.5 cm³/mol. The van der Waals surface area contributed by atoms with Gasteiger partial charge < -0.3 is 37.2 Å². The Morgan fingerprint density at radius 2 is 0.684 bits per heavy atom. The van der Waals surface area contributed by atoms with Gasteiger partial charge in [-0.2, -0.15) is 0 Å². The predicted octanol–water partition coefficient (Wildman–Crippen LogP) is 1.51. The minimum absolute atomic E-state index is 0. The monoisotopic (exact) mass is 424 g/mol. The van der Waals surface area contributed by atoms with Crippen LogP contribution in [0.4, 0.5) is 0 Å². The number of benzene rings is 2. The van der Waals surface area contributed by atoms with E-state index in [-0.39, 0.29) is 88.0 Å². The molecule has 0 atom stereocenters. The van der Waals surface area contributed by atoms with Crippen LogP contribution in [0.5, 0.6) is 11.5 Å². The maximum absolute atomic E-state index is 10.3. The van der Waals surface area contributed by atoms with Gasteiger partial charge in [-0.05, 0) is 0 Å². The Balaban J connectivity index is -0.0000000544. The summed E-state index contributed by atoms with van der Waals surface area (Å²) >= 11 is 0. The Morgan fingerprint density at radius 1 is 0.474 bits per heavy atom. The zero-order valence-electron chi connectivity index (χ0n) is 9.36. The first-order valence-corrected chi connectivity index (χ1v) is 4.23. The SMILES string of the molecule is [Ni+2].[Ni+2].[Ni+2].[O-]c1ccccc1.[O-]c1ccccc1.[S-2].[S-2]. The van der Waals surface area contributed by atoms with Gasteiger partial charge in [0.05, 0.1) is 0 Å². The maximum atomic E-state index is 10.3. The van der Waals surface area contributed by atoms with E-state index in [1.54, 1.807) is 24.3 Å². The molecule has 2 aromatic carbocycles. The van der Waals surface area contributed by atoms with Gasteiger partial charge in [0.1, 0.15) is 0 Å². The molecule has 0 fully saturated rings. The zero-order chi connectivity index (χ0) is 10.2. The van der Waals surface area contributed by atoms with Crippen LogP contribution >= 0.6 is 0 Å². The first kappa shape index (κ1) is 31.6. The molecule has 0 aliphatic rings. The van der Waals surface area contributed by atoms with Crippen LogP contribution in [-0.4, -0.2) is 0 Å². The average molecular weight is 426 g/mol. The van der Waals surface area contributed by atoms with Gasteiger partial charge in [-0.15, -0.1) is 11.5 Å². The zero-order valence-corrected chi connectivity index (χ0v) is 14.0. The topological polar surface area (TPSA) is 46.1 Å². The fourth-order valence-electron chi connectivity index (χ4n) is 0.841. The smallest absolute Gasteiger partial charge is 2.00 e. The van der Waals surface area contributed by atoms with E-state index in [9.17, 15) is 10.2 Å². The third kappa shape index (κ3) is 18.2. The van der Waals surface area contributed by atoms with E-state index >= 15 is 0 Å². The van der Waals surface area contributed by atoms with Crippen molar-refractivity contribution in [2.75, 3.05) is 0 Å². The van der Waals surface area contributed by atoms with Crippen molar-refractivity contribution in [1.82, 2.24) is 0 Å². The molecule has 0 spiro atoms. The van der Waals surface area contributed by atoms with E-state index in [1.165, 1.54) is 24.3 Å². The van der Waals surface area contributed by atoms with Crippen molar-refractivity contribution < 1.29 is 59.7 Å². The molecule has 0 unspecified atom stereocenters. The summed E-state index contributed by atoms with van der Waals surface area (Å²) in [5.74, 6) is 0.144. The normalized spacial score (nSPS) is 6.32. The molecule has 19 heavy (non-hydrogen) atoms. The molecular formula is C12H10Ni3O2S2. The molecule has 0 aliphatic heterocycles. The Kier molecular flexibility index (Phi) is 34.1. The van der Waals surface area contributed by atoms with E-state index in [2.05, 4.69) is 0 Å². The Hall–Kier alpha value is 0.221. The van der Waals surface area contributed by atoms with Crippen LogP contribution < -0.4 is 10.2 Å². The summed E-state index contributed by atoms with van der Waals surface area (Å²) < 4.78 is 0. The third-order valence-electron chi connectivity index (χ3n) is 1.49. The Labute approximate surface area is 158 Å². The van der Waals surface area contributed by atoms with E-state index in [4.69, 9.17) is 0 Å². The molecule has 0 amide bonds. The molecule has 0 radical (unpaired) electrons. The molecule has 0 saturated heterocycles. The van der Waals surface area contributed by atoms with E-state index in [0.717, 1.165) is 0 Å². The van der Waals surface area contributed by atoms with Crippen molar-refractivity contribution in [2.24, 2.45) is 0 Å². The van der Waals surface area contributed by atoms with Gasteiger partial charge in [-0.1, -0.05) is 60.7 Å². The molecule has 0 bridgehead atoms. The van der Waals surface area contributed by atoms with Gasteiger partial charge in [0.2, 0.25) is 0 Å². The van der Waals surface area contributed by atoms with Crippen LogP contribution in [-0.2, 0) is 76.5 Å². The standard InChI is InChI=1S/2C6H6O.3Ni.2S/c2*7-6-4-2-1-3-5-6;;;;;/h2*1-5,7H;;;;;/q;;3*+2;2*-2/p-2. The molecule has 0 N–H and O–H groups in total. The number of hydrogen-bond donors (Lipinski definition) is 0. The summed E-state index contributed by atoms with van der Waals surface area (Å²) in [6.07, 6.45) is 0. The fraction of sp³-hybridized carbons (Fsp3) is 0. The number of rotatable bonds is 0. The summed E-state index contributed by atoms with van der Waals surface area (Å²) in [7, 11) is 0. The second-order valence-corrected chi connectivity index (χ2v) is 2.63. The van der Waals surface area contributed by atoms with Gasteiger partial charge in [0.25, 0.3) is 0 Å². The van der Waals surface area contributed by atoms with Crippen molar-refractivity contribution >= 4 is 27.0 Å². The maximum Gasteiger partial charge on any atom is 2.00 e. The van der Waals surface area contributed by atoms with Gasteiger partial charge in [-0.3, -0.25) is 0 Å². The molecule has 2 aromatic rings. The summed E-state index contributed by atoms with van der Waals surface area (Å²) in [5.41, 5.74) is 0. The molecule has 2 nitrogen and oxygen atoms in total. The third-order valence-corrected chi connectivity index (χ3v) is 1.49. The van der Waals surface area contributed by atoms with Crippen LogP contribution in [0.25, 0.3) is 0 Å². The molecule has 0 heterocycles. The fourth-order valence-corrected chi connectivity index (χ4v) is 0.841. The summed E-state index contributed by atoms with van der Waals surface area (Å²) in [5, 5.41) is 20.5. The minimum Gasteiger partial charge on any atom is -2.00 e. The number of para-hydroxylation sites is 2. The van der Waals surface area contributed by atoms with Gasteiger partial charge in [0, 0.05) is 0 Å². The van der Waals surface area contributed by atoms with Crippen LogP contribution in [0.2, 0.25) is 0 Å². The van der Waals surface area contributed by atoms with E-state index in [1.807, 2.05) is 12.1 Å². The van der Waals surface area contributed by atoms with Crippen molar-refractivity contribution in [3.8, 4) is 11.5 Å². The molecule has 0 aliphatic carbocycles. The van der Waals surface area contributed by atoms with Crippen molar-refractivity contribution in [2.45, 2.75) is 0 Å².